The highest BCUT2D eigenvalue weighted by molar-refractivity contribution is 5.47. The first-order valence-corrected chi connectivity index (χ1v) is 8.22. The Kier molecular flexibility index (Phi) is 4.76. The molecule has 1 aliphatic rings. The highest BCUT2D eigenvalue weighted by Gasteiger charge is 2.26. The fraction of sp³-hybridized carbons (Fsp3) is 0.444. The van der Waals surface area contributed by atoms with Gasteiger partial charge in [-0.3, -0.25) is 0 Å². The molecule has 23 heavy (non-hydrogen) atoms. The van der Waals surface area contributed by atoms with Gasteiger partial charge in [-0.15, -0.1) is 0 Å². The second-order valence-electron chi connectivity index (χ2n) is 5.92. The molecule has 0 radical (unpaired) electrons. The zero-order chi connectivity index (χ0) is 16.2. The standard InChI is InChI=1S/C18H24N4O/c1-3-14-7-4-5-8-15(14)16-12-23-10-6-9-22(16)17-11-13(2)20-18(19)21-17/h4-5,7-8,11,16H,3,6,9-10,12H2,1-2H3,(H2,19,20,21). The SMILES string of the molecule is CCc1ccccc1C1COCCCN1c1cc(C)nc(N)n1. The van der Waals surface area contributed by atoms with Crippen LogP contribution in [0.3, 0.4) is 0 Å². The first kappa shape index (κ1) is 15.7. The van der Waals surface area contributed by atoms with Gasteiger partial charge in [0.1, 0.15) is 5.82 Å². The summed E-state index contributed by atoms with van der Waals surface area (Å²) in [6.45, 7) is 6.48. The summed E-state index contributed by atoms with van der Waals surface area (Å²) in [5, 5.41) is 0. The zero-order valence-corrected chi connectivity index (χ0v) is 13.8. The molecule has 1 aromatic carbocycles. The van der Waals surface area contributed by atoms with Gasteiger partial charge in [-0.1, -0.05) is 31.2 Å². The van der Waals surface area contributed by atoms with Crippen LogP contribution < -0.4 is 10.6 Å². The van der Waals surface area contributed by atoms with Crippen LogP contribution in [0, 0.1) is 6.92 Å². The third-order valence-electron chi connectivity index (χ3n) is 4.29. The maximum Gasteiger partial charge on any atom is 0.222 e. The summed E-state index contributed by atoms with van der Waals surface area (Å²) >= 11 is 0. The van der Waals surface area contributed by atoms with Gasteiger partial charge in [0.25, 0.3) is 0 Å². The maximum atomic E-state index is 5.87. The summed E-state index contributed by atoms with van der Waals surface area (Å²) in [6, 6.07) is 10.7. The Labute approximate surface area is 137 Å². The zero-order valence-electron chi connectivity index (χ0n) is 13.8. The molecule has 2 N–H and O–H groups in total. The molecule has 1 unspecified atom stereocenters. The van der Waals surface area contributed by atoms with Gasteiger partial charge in [-0.05, 0) is 30.9 Å². The van der Waals surface area contributed by atoms with Crippen LogP contribution in [0.25, 0.3) is 0 Å². The Morgan fingerprint density at radius 1 is 1.30 bits per heavy atom. The summed E-state index contributed by atoms with van der Waals surface area (Å²) in [7, 11) is 0. The maximum absolute atomic E-state index is 5.87. The van der Waals surface area contributed by atoms with Gasteiger partial charge in [-0.25, -0.2) is 4.98 Å². The highest BCUT2D eigenvalue weighted by atomic mass is 16.5. The van der Waals surface area contributed by atoms with E-state index in [4.69, 9.17) is 10.5 Å². The summed E-state index contributed by atoms with van der Waals surface area (Å²) < 4.78 is 5.86. The first-order chi connectivity index (χ1) is 11.2. The summed E-state index contributed by atoms with van der Waals surface area (Å²) in [6.07, 6.45) is 1.99. The molecule has 3 rings (SSSR count). The third-order valence-corrected chi connectivity index (χ3v) is 4.29. The van der Waals surface area contributed by atoms with Crippen LogP contribution in [0.15, 0.2) is 30.3 Å². The molecule has 5 heteroatoms. The molecule has 122 valence electrons. The molecule has 1 atom stereocenters. The number of nitrogen functional groups attached to an aromatic ring is 1. The van der Waals surface area contributed by atoms with E-state index in [1.165, 1.54) is 11.1 Å². The summed E-state index contributed by atoms with van der Waals surface area (Å²) in [5.74, 6) is 1.21. The van der Waals surface area contributed by atoms with Gasteiger partial charge in [0.2, 0.25) is 5.95 Å². The molecule has 0 amide bonds. The fourth-order valence-corrected chi connectivity index (χ4v) is 3.21. The van der Waals surface area contributed by atoms with E-state index in [2.05, 4.69) is 46.1 Å². The quantitative estimate of drug-likeness (QED) is 0.944. The largest absolute Gasteiger partial charge is 0.379 e. The fourth-order valence-electron chi connectivity index (χ4n) is 3.21. The average molecular weight is 312 g/mol. The van der Waals surface area contributed by atoms with E-state index in [-0.39, 0.29) is 6.04 Å². The number of aromatic nitrogens is 2. The number of benzene rings is 1. The van der Waals surface area contributed by atoms with E-state index >= 15 is 0 Å². The molecular weight excluding hydrogens is 288 g/mol. The van der Waals surface area contributed by atoms with Crippen LogP contribution in [0.1, 0.15) is 36.2 Å². The van der Waals surface area contributed by atoms with Crippen LogP contribution in [-0.2, 0) is 11.2 Å². The minimum absolute atomic E-state index is 0.155. The van der Waals surface area contributed by atoms with Crippen molar-refractivity contribution in [1.29, 1.82) is 0 Å². The molecule has 1 aliphatic heterocycles. The Bertz CT molecular complexity index is 654. The van der Waals surface area contributed by atoms with Gasteiger partial charge in [0, 0.05) is 24.9 Å². The Morgan fingerprint density at radius 3 is 2.91 bits per heavy atom. The van der Waals surface area contributed by atoms with Crippen LogP contribution >= 0.6 is 0 Å². The van der Waals surface area contributed by atoms with Gasteiger partial charge < -0.3 is 15.4 Å². The number of ether oxygens (including phenoxy) is 1. The van der Waals surface area contributed by atoms with Crippen molar-refractivity contribution < 1.29 is 4.74 Å². The molecule has 5 nitrogen and oxygen atoms in total. The average Bonchev–Trinajstić information content (AvgIpc) is 2.79. The number of nitrogens with two attached hydrogens (primary N) is 1. The number of aryl methyl sites for hydroxylation is 2. The summed E-state index contributed by atoms with van der Waals surface area (Å²) in [4.78, 5) is 11.0. The molecule has 0 aliphatic carbocycles. The predicted octanol–water partition coefficient (Wildman–Crippen LogP) is 2.90. The van der Waals surface area contributed by atoms with Crippen molar-refractivity contribution in [3.63, 3.8) is 0 Å². The highest BCUT2D eigenvalue weighted by Crippen LogP contribution is 2.31. The summed E-state index contributed by atoms with van der Waals surface area (Å²) in [5.41, 5.74) is 9.42. The van der Waals surface area contributed by atoms with Crippen molar-refractivity contribution in [2.24, 2.45) is 0 Å². The lowest BCUT2D eigenvalue weighted by Gasteiger charge is -2.32. The van der Waals surface area contributed by atoms with Crippen molar-refractivity contribution in [3.05, 3.63) is 47.2 Å². The normalized spacial score (nSPS) is 18.7. The molecule has 1 saturated heterocycles. The molecule has 0 saturated carbocycles. The Hall–Kier alpha value is -2.14. The van der Waals surface area contributed by atoms with Gasteiger partial charge in [0.05, 0.1) is 12.6 Å². The molecule has 0 bridgehead atoms. The van der Waals surface area contributed by atoms with Gasteiger partial charge >= 0.3 is 0 Å². The lowest BCUT2D eigenvalue weighted by Crippen LogP contribution is -2.32. The second-order valence-corrected chi connectivity index (χ2v) is 5.92. The van der Waals surface area contributed by atoms with Crippen LogP contribution in [-0.4, -0.2) is 29.7 Å². The predicted molar refractivity (Wildman–Crippen MR) is 92.5 cm³/mol. The van der Waals surface area contributed by atoms with Gasteiger partial charge in [0.15, 0.2) is 0 Å². The van der Waals surface area contributed by atoms with Crippen molar-refractivity contribution >= 4 is 11.8 Å². The number of anilines is 2. The van der Waals surface area contributed by atoms with Crippen molar-refractivity contribution in [2.75, 3.05) is 30.4 Å². The third kappa shape index (κ3) is 3.45. The molecule has 2 aromatic rings. The van der Waals surface area contributed by atoms with Crippen LogP contribution in [0.5, 0.6) is 0 Å². The topological polar surface area (TPSA) is 64.3 Å². The number of rotatable bonds is 3. The van der Waals surface area contributed by atoms with Crippen LogP contribution in [0.2, 0.25) is 0 Å². The molecule has 1 aromatic heterocycles. The lowest BCUT2D eigenvalue weighted by molar-refractivity contribution is 0.134. The molecule has 0 spiro atoms. The van der Waals surface area contributed by atoms with E-state index < -0.39 is 0 Å². The van der Waals surface area contributed by atoms with Crippen LogP contribution in [0.4, 0.5) is 11.8 Å². The van der Waals surface area contributed by atoms with E-state index in [9.17, 15) is 0 Å². The smallest absolute Gasteiger partial charge is 0.222 e. The van der Waals surface area contributed by atoms with E-state index in [1.54, 1.807) is 0 Å². The second kappa shape index (κ2) is 6.96. The van der Waals surface area contributed by atoms with E-state index in [0.29, 0.717) is 12.6 Å². The van der Waals surface area contributed by atoms with Gasteiger partial charge in [-0.2, -0.15) is 4.98 Å². The molecule has 2 heterocycles. The first-order valence-electron chi connectivity index (χ1n) is 8.22. The molecular formula is C18H24N4O. The van der Waals surface area contributed by atoms with E-state index in [0.717, 1.165) is 37.5 Å². The lowest BCUT2D eigenvalue weighted by atomic mass is 9.97. The van der Waals surface area contributed by atoms with E-state index in [1.807, 2.05) is 13.0 Å². The Balaban J connectivity index is 2.03. The Morgan fingerprint density at radius 2 is 2.13 bits per heavy atom. The van der Waals surface area contributed by atoms with Crippen molar-refractivity contribution in [1.82, 2.24) is 9.97 Å². The van der Waals surface area contributed by atoms with Crippen molar-refractivity contribution in [3.8, 4) is 0 Å². The number of nitrogens with zero attached hydrogens (tertiary/aromatic N) is 3. The van der Waals surface area contributed by atoms with Crippen molar-refractivity contribution in [2.45, 2.75) is 32.7 Å². The molecule has 1 fully saturated rings. The minimum atomic E-state index is 0.155. The number of hydrogen-bond acceptors (Lipinski definition) is 5. The minimum Gasteiger partial charge on any atom is -0.379 e. The number of hydrogen-bond donors (Lipinski definition) is 1. The monoisotopic (exact) mass is 312 g/mol.